The smallest absolute Gasteiger partial charge is 0.321 e. The van der Waals surface area contributed by atoms with E-state index in [1.165, 1.54) is 0 Å². The van der Waals surface area contributed by atoms with E-state index in [0.29, 0.717) is 13.0 Å². The molecular weight excluding hydrogens is 411 g/mol. The Labute approximate surface area is 173 Å². The number of rotatable bonds is 5. The van der Waals surface area contributed by atoms with Crippen molar-refractivity contribution < 1.29 is 33.6 Å². The fraction of sp³-hybridized carbons (Fsp3) is 0.789. The highest BCUT2D eigenvalue weighted by atomic mass is 35.5. The topological polar surface area (TPSA) is 94.6 Å². The Morgan fingerprint density at radius 3 is 2.61 bits per heavy atom. The molecule has 1 N–H and O–H groups in total. The lowest BCUT2D eigenvalue weighted by Crippen LogP contribution is -2.66. The van der Waals surface area contributed by atoms with Crippen molar-refractivity contribution in [2.45, 2.75) is 56.7 Å². The van der Waals surface area contributed by atoms with Gasteiger partial charge in [-0.25, -0.2) is 0 Å². The summed E-state index contributed by atoms with van der Waals surface area (Å²) >= 11 is 11.2. The summed E-state index contributed by atoms with van der Waals surface area (Å²) < 4.78 is 23.2. The number of halogens is 2. The van der Waals surface area contributed by atoms with Gasteiger partial charge < -0.3 is 24.1 Å². The minimum Gasteiger partial charge on any atom is -0.464 e. The number of aliphatic hydroxyl groups is 1. The molecule has 1 spiro atoms. The van der Waals surface area contributed by atoms with E-state index in [1.807, 2.05) is 19.9 Å². The van der Waals surface area contributed by atoms with Gasteiger partial charge in [-0.3, -0.25) is 9.59 Å². The van der Waals surface area contributed by atoms with Crippen LogP contribution in [0.15, 0.2) is 11.6 Å². The number of ether oxygens (including phenoxy) is 4. The Kier molecular flexibility index (Phi) is 4.99. The molecule has 2 heterocycles. The first-order chi connectivity index (χ1) is 13.3. The normalized spacial score (nSPS) is 46.0. The number of carbonyl (C=O) groups is 2. The summed E-state index contributed by atoms with van der Waals surface area (Å²) in [7, 11) is 0. The standard InChI is InChI=1S/C19H24Cl2O7/c1-10-3-4-18(8-25-12(22)6-20)11(5-10)27-16-14(28-13(23)7-21)15(24)17(18,2)19(16)9-26-19/h5,11,14-16,24H,3-4,6-9H2,1-2H3/t11-,14-,15-,16?,17-,18-,19?/m1/s1. The van der Waals surface area contributed by atoms with Gasteiger partial charge in [0, 0.05) is 10.8 Å². The maximum Gasteiger partial charge on any atom is 0.321 e. The highest BCUT2D eigenvalue weighted by Crippen LogP contribution is 2.71. The van der Waals surface area contributed by atoms with Crippen LogP contribution < -0.4 is 0 Å². The average molecular weight is 435 g/mol. The molecule has 156 valence electrons. The number of hydrogen-bond acceptors (Lipinski definition) is 7. The number of esters is 2. The second kappa shape index (κ2) is 6.84. The van der Waals surface area contributed by atoms with Crippen LogP contribution in [0.4, 0.5) is 0 Å². The van der Waals surface area contributed by atoms with Crippen LogP contribution in [0, 0.1) is 10.8 Å². The monoisotopic (exact) mass is 434 g/mol. The summed E-state index contributed by atoms with van der Waals surface area (Å²) in [5, 5.41) is 11.4. The van der Waals surface area contributed by atoms with E-state index >= 15 is 0 Å². The third-order valence-electron chi connectivity index (χ3n) is 7.25. The SMILES string of the molecule is CC1=C[C@H]2OC3[C@H](OC(=O)CCl)[C@@H](O)[C@@](C)(C34CO4)[C@@]2(COC(=O)CCl)CC1. The second-order valence-corrected chi connectivity index (χ2v) is 8.89. The van der Waals surface area contributed by atoms with Crippen molar-refractivity contribution in [3.63, 3.8) is 0 Å². The third-order valence-corrected chi connectivity index (χ3v) is 7.68. The maximum atomic E-state index is 11.9. The van der Waals surface area contributed by atoms with Crippen molar-refractivity contribution in [3.8, 4) is 0 Å². The van der Waals surface area contributed by atoms with E-state index in [1.54, 1.807) is 0 Å². The summed E-state index contributed by atoms with van der Waals surface area (Å²) in [4.78, 5) is 23.7. The molecule has 2 aliphatic heterocycles. The largest absolute Gasteiger partial charge is 0.464 e. The molecule has 7 nitrogen and oxygen atoms in total. The predicted octanol–water partition coefficient (Wildman–Crippen LogP) is 1.56. The van der Waals surface area contributed by atoms with Crippen LogP contribution in [0.5, 0.6) is 0 Å². The van der Waals surface area contributed by atoms with Crippen molar-refractivity contribution in [2.75, 3.05) is 25.0 Å². The Balaban J connectivity index is 1.78. The summed E-state index contributed by atoms with van der Waals surface area (Å²) in [6.07, 6.45) is 0.422. The van der Waals surface area contributed by atoms with E-state index in [9.17, 15) is 14.7 Å². The molecule has 2 unspecified atom stereocenters. The molecule has 4 aliphatic rings. The molecule has 0 aromatic rings. The van der Waals surface area contributed by atoms with Gasteiger partial charge in [0.05, 0.1) is 12.7 Å². The molecule has 2 aliphatic carbocycles. The lowest BCUT2D eigenvalue weighted by Gasteiger charge is -2.57. The van der Waals surface area contributed by atoms with Crippen LogP contribution in [-0.4, -0.2) is 72.0 Å². The Morgan fingerprint density at radius 1 is 1.32 bits per heavy atom. The fourth-order valence-electron chi connectivity index (χ4n) is 5.56. The molecular formula is C19H24Cl2O7. The van der Waals surface area contributed by atoms with E-state index in [2.05, 4.69) is 0 Å². The highest BCUT2D eigenvalue weighted by molar-refractivity contribution is 6.26. The number of allylic oxidation sites excluding steroid dienone is 1. The van der Waals surface area contributed by atoms with E-state index < -0.39 is 52.8 Å². The predicted molar refractivity (Wildman–Crippen MR) is 99.2 cm³/mol. The van der Waals surface area contributed by atoms with Gasteiger partial charge in [-0.05, 0) is 19.8 Å². The van der Waals surface area contributed by atoms with Crippen molar-refractivity contribution >= 4 is 35.1 Å². The number of alkyl halides is 2. The molecule has 28 heavy (non-hydrogen) atoms. The molecule has 0 amide bonds. The van der Waals surface area contributed by atoms with Gasteiger partial charge in [0.1, 0.15) is 36.2 Å². The van der Waals surface area contributed by atoms with Gasteiger partial charge >= 0.3 is 11.9 Å². The van der Waals surface area contributed by atoms with E-state index in [0.717, 1.165) is 12.0 Å². The first-order valence-corrected chi connectivity index (χ1v) is 10.4. The summed E-state index contributed by atoms with van der Waals surface area (Å²) in [6.45, 7) is 4.35. The molecule has 7 atom stereocenters. The molecule has 0 aromatic heterocycles. The first kappa shape index (κ1) is 20.4. The van der Waals surface area contributed by atoms with Gasteiger partial charge in [0.25, 0.3) is 0 Å². The first-order valence-electron chi connectivity index (χ1n) is 9.37. The molecule has 2 bridgehead atoms. The lowest BCUT2D eigenvalue weighted by molar-refractivity contribution is -0.231. The molecule has 4 rings (SSSR count). The number of hydrogen-bond donors (Lipinski definition) is 1. The van der Waals surface area contributed by atoms with Crippen LogP contribution in [-0.2, 0) is 28.5 Å². The van der Waals surface area contributed by atoms with Crippen LogP contribution in [0.2, 0.25) is 0 Å². The molecule has 3 fully saturated rings. The van der Waals surface area contributed by atoms with Crippen LogP contribution in [0.25, 0.3) is 0 Å². The third kappa shape index (κ3) is 2.53. The van der Waals surface area contributed by atoms with Gasteiger partial charge in [0.2, 0.25) is 0 Å². The van der Waals surface area contributed by atoms with Gasteiger partial charge in [0.15, 0.2) is 6.10 Å². The fourth-order valence-corrected chi connectivity index (χ4v) is 5.70. The molecule has 0 aromatic carbocycles. The molecule has 2 saturated heterocycles. The van der Waals surface area contributed by atoms with Crippen molar-refractivity contribution in [3.05, 3.63) is 11.6 Å². The second-order valence-electron chi connectivity index (χ2n) is 8.35. The maximum absolute atomic E-state index is 11.9. The van der Waals surface area contributed by atoms with E-state index in [4.69, 9.17) is 42.1 Å². The summed E-state index contributed by atoms with van der Waals surface area (Å²) in [5.41, 5.74) is -1.23. The van der Waals surface area contributed by atoms with Crippen LogP contribution in [0.1, 0.15) is 26.7 Å². The minimum atomic E-state index is -1.06. The van der Waals surface area contributed by atoms with Crippen molar-refractivity contribution in [2.24, 2.45) is 10.8 Å². The number of epoxide rings is 1. The van der Waals surface area contributed by atoms with Crippen LogP contribution >= 0.6 is 23.2 Å². The van der Waals surface area contributed by atoms with Gasteiger partial charge in [-0.1, -0.05) is 18.6 Å². The average Bonchev–Trinajstić information content (AvgIpc) is 3.47. The highest BCUT2D eigenvalue weighted by Gasteiger charge is 2.85. The molecule has 0 radical (unpaired) electrons. The van der Waals surface area contributed by atoms with Crippen LogP contribution in [0.3, 0.4) is 0 Å². The number of carbonyl (C=O) groups excluding carboxylic acids is 2. The Morgan fingerprint density at radius 2 is 2.00 bits per heavy atom. The Bertz CT molecular complexity index is 721. The Hall–Kier alpha value is -0.860. The zero-order valence-corrected chi connectivity index (χ0v) is 17.3. The number of aliphatic hydroxyl groups excluding tert-OH is 1. The summed E-state index contributed by atoms with van der Waals surface area (Å²) in [5.74, 6) is -1.73. The van der Waals surface area contributed by atoms with Gasteiger partial charge in [-0.2, -0.15) is 0 Å². The quantitative estimate of drug-likeness (QED) is 0.303. The molecule has 9 heteroatoms. The van der Waals surface area contributed by atoms with Gasteiger partial charge in [-0.15, -0.1) is 23.2 Å². The minimum absolute atomic E-state index is 0.0363. The molecule has 1 saturated carbocycles. The zero-order chi connectivity index (χ0) is 20.3. The number of fused-ring (bicyclic) bond motifs is 2. The summed E-state index contributed by atoms with van der Waals surface area (Å²) in [6, 6.07) is 0. The van der Waals surface area contributed by atoms with E-state index in [-0.39, 0.29) is 18.4 Å². The van der Waals surface area contributed by atoms with Crippen molar-refractivity contribution in [1.29, 1.82) is 0 Å². The lowest BCUT2D eigenvalue weighted by atomic mass is 9.51. The van der Waals surface area contributed by atoms with Crippen molar-refractivity contribution in [1.82, 2.24) is 0 Å². The zero-order valence-electron chi connectivity index (χ0n) is 15.8.